The minimum absolute atomic E-state index is 0.0132. The summed E-state index contributed by atoms with van der Waals surface area (Å²) in [6, 6.07) is -0.666. The molecule has 0 radical (unpaired) electrons. The molecule has 0 fully saturated rings. The Morgan fingerprint density at radius 1 is 0.720 bits per heavy atom. The number of benzene rings is 2. The average Bonchev–Trinajstić information content (AvgIpc) is 3.34. The van der Waals surface area contributed by atoms with Crippen molar-refractivity contribution in [1.82, 2.24) is 42.5 Å². The van der Waals surface area contributed by atoms with Crippen LogP contribution in [0.25, 0.3) is 0 Å². The predicted molar refractivity (Wildman–Crippen MR) is 268 cm³/mol. The van der Waals surface area contributed by atoms with Crippen LogP contribution >= 0.6 is 0 Å². The number of aromatic hydroxyl groups is 2. The topological polar surface area (TPSA) is 410 Å². The molecule has 418 valence electrons. The van der Waals surface area contributed by atoms with E-state index < -0.39 is 143 Å². The van der Waals surface area contributed by atoms with Crippen molar-refractivity contribution in [3.63, 3.8) is 0 Å². The summed E-state index contributed by atoms with van der Waals surface area (Å²) in [4.78, 5) is 99.9. The Kier molecular flexibility index (Phi) is 23.2. The monoisotopic (exact) mass is 1080 g/mol. The molecule has 26 nitrogen and oxygen atoms in total. The van der Waals surface area contributed by atoms with Crippen LogP contribution in [0.1, 0.15) is 97.5 Å². The van der Waals surface area contributed by atoms with E-state index in [9.17, 15) is 68.1 Å². The quantitative estimate of drug-likeness (QED) is 0.0977. The first-order chi connectivity index (χ1) is 35.1. The van der Waals surface area contributed by atoms with Gasteiger partial charge in [-0.2, -0.15) is 0 Å². The van der Waals surface area contributed by atoms with Crippen LogP contribution in [-0.4, -0.2) is 174 Å². The van der Waals surface area contributed by atoms with Crippen LogP contribution in [0.15, 0.2) is 35.2 Å². The van der Waals surface area contributed by atoms with Crippen molar-refractivity contribution < 1.29 is 87.8 Å². The van der Waals surface area contributed by atoms with Gasteiger partial charge in [0.25, 0.3) is 0 Å². The molecule has 2 aromatic rings. The van der Waals surface area contributed by atoms with Crippen molar-refractivity contribution in [2.75, 3.05) is 39.5 Å². The summed E-state index contributed by atoms with van der Waals surface area (Å²) in [6.07, 6.45) is -2.59. The minimum atomic E-state index is -1.87. The maximum absolute atomic E-state index is 13.2. The molecule has 0 aromatic heterocycles. The molecule has 6 amide bonds. The van der Waals surface area contributed by atoms with Crippen LogP contribution in [0.5, 0.6) is 23.0 Å². The molecular weight excluding hydrogens is 1010 g/mol. The van der Waals surface area contributed by atoms with Gasteiger partial charge in [-0.1, -0.05) is 33.8 Å². The van der Waals surface area contributed by atoms with Crippen molar-refractivity contribution >= 4 is 58.2 Å². The Hall–Kier alpha value is -6.65. The van der Waals surface area contributed by atoms with E-state index in [1.54, 1.807) is 41.5 Å². The maximum Gasteiger partial charge on any atom is 0.322 e. The van der Waals surface area contributed by atoms with Crippen LogP contribution in [0.2, 0.25) is 0 Å². The zero-order valence-electron chi connectivity index (χ0n) is 43.3. The summed E-state index contributed by atoms with van der Waals surface area (Å²) in [5.74, 6) is -8.36. The minimum Gasteiger partial charge on any atom is -0.504 e. The van der Waals surface area contributed by atoms with E-state index in [1.807, 2.05) is 0 Å². The number of amides is 6. The number of ether oxygens (including phenoxy) is 2. The Labute approximate surface area is 435 Å². The van der Waals surface area contributed by atoms with E-state index in [-0.39, 0.29) is 64.2 Å². The van der Waals surface area contributed by atoms with Crippen LogP contribution < -0.4 is 52.0 Å². The van der Waals surface area contributed by atoms with Crippen LogP contribution in [0, 0.1) is 5.92 Å². The molecular formula is C48H72N8O18S. The highest BCUT2D eigenvalue weighted by molar-refractivity contribution is 7.85. The molecule has 2 aliphatic heterocycles. The highest BCUT2D eigenvalue weighted by Gasteiger charge is 2.40. The summed E-state index contributed by atoms with van der Waals surface area (Å²) >= 11 is 0. The van der Waals surface area contributed by atoms with E-state index in [1.165, 1.54) is 45.3 Å². The zero-order chi connectivity index (χ0) is 56.7. The Bertz CT molecular complexity index is 2430. The lowest BCUT2D eigenvalue weighted by molar-refractivity contribution is -0.139. The highest BCUT2D eigenvalue weighted by atomic mass is 32.2. The Morgan fingerprint density at radius 2 is 1.20 bits per heavy atom. The van der Waals surface area contributed by atoms with E-state index in [0.29, 0.717) is 6.42 Å². The fourth-order valence-corrected chi connectivity index (χ4v) is 8.98. The third kappa shape index (κ3) is 17.2. The third-order valence-corrected chi connectivity index (χ3v) is 14.0. The molecule has 0 saturated carbocycles. The molecule has 15 N–H and O–H groups in total. The summed E-state index contributed by atoms with van der Waals surface area (Å²) in [7, 11) is 1.00. The van der Waals surface area contributed by atoms with Gasteiger partial charge in [-0.3, -0.25) is 42.6 Å². The summed E-state index contributed by atoms with van der Waals surface area (Å²) < 4.78 is 25.0. The lowest BCUT2D eigenvalue weighted by atomic mass is 9.92. The summed E-state index contributed by atoms with van der Waals surface area (Å²) in [5, 5.41) is 90.6. The second-order valence-electron chi connectivity index (χ2n) is 18.8. The van der Waals surface area contributed by atoms with Crippen LogP contribution in [-0.2, 0) is 49.2 Å². The van der Waals surface area contributed by atoms with Gasteiger partial charge in [0, 0.05) is 29.4 Å². The van der Waals surface area contributed by atoms with Crippen molar-refractivity contribution in [1.29, 1.82) is 0 Å². The number of hydrogen-bond acceptors (Lipinski definition) is 18. The number of phenolic OH excluding ortho intramolecular Hbond substituents is 2. The smallest absolute Gasteiger partial charge is 0.322 e. The lowest BCUT2D eigenvalue weighted by Gasteiger charge is -2.35. The van der Waals surface area contributed by atoms with E-state index in [0.717, 1.165) is 6.07 Å². The fraction of sp³-hybridized carbons (Fsp3) is 0.583. The second-order valence-corrected chi connectivity index (χ2v) is 20.3. The van der Waals surface area contributed by atoms with Crippen molar-refractivity contribution in [3.05, 3.63) is 41.5 Å². The first kappa shape index (κ1) is 62.6. The molecule has 0 saturated heterocycles. The number of likely N-dealkylation sites (N-methyl/N-ethyl adjacent to an activating group) is 2. The molecule has 27 heteroatoms. The van der Waals surface area contributed by atoms with Gasteiger partial charge in [0.1, 0.15) is 72.8 Å². The van der Waals surface area contributed by atoms with E-state index in [2.05, 4.69) is 42.5 Å². The molecule has 2 aromatic carbocycles. The number of aliphatic carboxylic acids is 2. The first-order valence-electron chi connectivity index (χ1n) is 24.1. The molecule has 11 unspecified atom stereocenters. The number of carbonyl (C=O) groups is 8. The normalized spacial score (nSPS) is 27.1. The lowest BCUT2D eigenvalue weighted by Crippen LogP contribution is -2.59. The first-order valence-corrected chi connectivity index (χ1v) is 25.4. The summed E-state index contributed by atoms with van der Waals surface area (Å²) in [6.45, 7) is 9.82. The molecule has 75 heavy (non-hydrogen) atoms. The van der Waals surface area contributed by atoms with E-state index in [4.69, 9.17) is 19.7 Å². The van der Waals surface area contributed by atoms with Gasteiger partial charge in [-0.25, -0.2) is 0 Å². The van der Waals surface area contributed by atoms with Gasteiger partial charge in [0.2, 0.25) is 35.4 Å². The van der Waals surface area contributed by atoms with Crippen LogP contribution in [0.3, 0.4) is 0 Å². The molecule has 2 aliphatic rings. The standard InChI is InChI=1S/C24H36N4O10S.C24H36N4O8/c1-5-24(3)10-14(22(35)26-11-18(31)32)28-21(34)12(2)27-23(36)19(25-4)20(33)13-8-16(38-24)15(30)9-17(13)39(37)7-6-29;1-6-24(4)10-14(21(33)26-11-17(30)31)27-22(34)18(12(2)3)28-23(35)19(25-5)20(32)13-7-8-15(29)16(9-13)36-24/h8-9,12,14,19-20,25,29-30,33H,5-7,10-11H2,1-4H3,(H,26,35)(H,27,36)(H,28,34)(H,31,32);7-9,12,14,18-20,25,29,32H,6,10-11H2,1-5H3,(H,26,33)(H,27,34)(H,28,35)(H,30,31). The van der Waals surface area contributed by atoms with Crippen LogP contribution in [0.4, 0.5) is 0 Å². The number of carbonyl (C=O) groups excluding carboxylic acids is 6. The molecule has 11 atom stereocenters. The van der Waals surface area contributed by atoms with Crippen molar-refractivity contribution in [2.45, 2.75) is 139 Å². The van der Waals surface area contributed by atoms with Gasteiger partial charge >= 0.3 is 11.9 Å². The van der Waals surface area contributed by atoms with E-state index >= 15 is 0 Å². The number of nitrogens with one attached hydrogen (secondary N) is 8. The molecule has 2 heterocycles. The number of fused-ring (bicyclic) bond motifs is 4. The highest BCUT2D eigenvalue weighted by Crippen LogP contribution is 2.40. The van der Waals surface area contributed by atoms with Gasteiger partial charge in [0.15, 0.2) is 23.0 Å². The molecule has 4 bridgehead atoms. The second kappa shape index (κ2) is 27.8. The molecule has 0 spiro atoms. The van der Waals surface area contributed by atoms with Gasteiger partial charge < -0.3 is 87.8 Å². The average molecular weight is 1080 g/mol. The predicted octanol–water partition coefficient (Wildman–Crippen LogP) is -1.95. The van der Waals surface area contributed by atoms with Gasteiger partial charge in [-0.15, -0.1) is 0 Å². The number of hydrogen-bond donors (Lipinski definition) is 15. The molecule has 4 rings (SSSR count). The third-order valence-electron chi connectivity index (χ3n) is 12.6. The number of carboxylic acids is 2. The number of phenols is 2. The van der Waals surface area contributed by atoms with Gasteiger partial charge in [-0.05, 0) is 77.4 Å². The number of rotatable bonds is 14. The number of aliphatic hydroxyl groups excluding tert-OH is 3. The van der Waals surface area contributed by atoms with Crippen molar-refractivity contribution in [2.24, 2.45) is 5.92 Å². The van der Waals surface area contributed by atoms with Crippen molar-refractivity contribution in [3.8, 4) is 23.0 Å². The number of carboxylic acid groups (broad SMARTS) is 2. The maximum atomic E-state index is 13.2. The SMILES string of the molecule is CCC1(C)CC(C(=O)NCC(=O)O)NC(=O)C(C(C)C)NC(=O)C(NC)C(O)c2ccc(O)c(c2)O1.CCC1(C)CC(C(=O)NCC(=O)O)NC(=O)C(C)NC(=O)C(NC)C(O)c2cc(c(O)cc2S(=O)CCO)O1. The largest absolute Gasteiger partial charge is 0.504 e. The zero-order valence-corrected chi connectivity index (χ0v) is 44.1. The summed E-state index contributed by atoms with van der Waals surface area (Å²) in [5.41, 5.74) is -2.05. The van der Waals surface area contributed by atoms with Gasteiger partial charge in [0.05, 0.1) is 23.2 Å². The Balaban J connectivity index is 0.000000397. The fourth-order valence-electron chi connectivity index (χ4n) is 7.91. The Morgan fingerprint density at radius 3 is 1.67 bits per heavy atom. The number of aliphatic hydroxyl groups is 3. The molecule has 0 aliphatic carbocycles.